The molecule has 3 aromatic heterocycles. The second kappa shape index (κ2) is 15.2. The number of rotatable bonds is 9. The number of imidazole rings is 1. The maximum atomic E-state index is 5.37. The maximum Gasteiger partial charge on any atom is 0.137 e. The molecule has 0 aliphatic carbocycles. The van der Waals surface area contributed by atoms with Crippen LogP contribution in [0.3, 0.4) is 0 Å². The van der Waals surface area contributed by atoms with E-state index >= 15 is 0 Å². The van der Waals surface area contributed by atoms with E-state index < -0.39 is 0 Å². The van der Waals surface area contributed by atoms with Crippen LogP contribution in [0.15, 0.2) is 213 Å². The van der Waals surface area contributed by atoms with Gasteiger partial charge in [-0.05, 0) is 98.2 Å². The van der Waals surface area contributed by atoms with Crippen molar-refractivity contribution >= 4 is 28.6 Å². The molecule has 3 nitrogen and oxygen atoms in total. The minimum Gasteiger partial charge on any atom is -0.299 e. The summed E-state index contributed by atoms with van der Waals surface area (Å²) >= 11 is 0. The SMILES string of the molecule is C=Cc1cc(-c2cc(-c3cccc(-c4nc5ccccn5c4-c4ccccc4)c3)cc(-c3ccc(-c4ccccc4)nc3-c3ccccc3)c2)c2ccccc2c1C=C. The minimum atomic E-state index is 0.906. The van der Waals surface area contributed by atoms with Crippen LogP contribution in [0, 0.1) is 0 Å². The van der Waals surface area contributed by atoms with E-state index in [4.69, 9.17) is 9.97 Å². The number of fused-ring (bicyclic) bond motifs is 2. The molecule has 0 amide bonds. The average Bonchev–Trinajstić information content (AvgIpc) is 3.71. The molecule has 0 bridgehead atoms. The van der Waals surface area contributed by atoms with Gasteiger partial charge < -0.3 is 0 Å². The normalized spacial score (nSPS) is 11.2. The van der Waals surface area contributed by atoms with Crippen LogP contribution in [-0.4, -0.2) is 14.4 Å². The molecule has 3 heteroatoms. The summed E-state index contributed by atoms with van der Waals surface area (Å²) in [5, 5.41) is 2.30. The molecular weight excluding hydrogens is 715 g/mol. The molecule has 0 atom stereocenters. The van der Waals surface area contributed by atoms with Crippen LogP contribution >= 0.6 is 0 Å². The summed E-state index contributed by atoms with van der Waals surface area (Å²) < 4.78 is 2.18. The lowest BCUT2D eigenvalue weighted by atomic mass is 9.87. The van der Waals surface area contributed by atoms with Crippen molar-refractivity contribution in [3.8, 4) is 78.4 Å². The second-order valence-electron chi connectivity index (χ2n) is 14.7. The molecule has 0 aliphatic heterocycles. The molecule has 0 unspecified atom stereocenters. The number of nitrogens with zero attached hydrogens (tertiary/aromatic N) is 3. The Balaban J connectivity index is 1.22. The summed E-state index contributed by atoms with van der Waals surface area (Å²) in [7, 11) is 0. The van der Waals surface area contributed by atoms with E-state index in [0.29, 0.717) is 0 Å². The average molecular weight is 754 g/mol. The Morgan fingerprint density at radius 2 is 0.983 bits per heavy atom. The zero-order chi connectivity index (χ0) is 39.7. The number of aromatic nitrogens is 3. The number of hydrogen-bond acceptors (Lipinski definition) is 2. The lowest BCUT2D eigenvalue weighted by Crippen LogP contribution is -1.95. The van der Waals surface area contributed by atoms with Gasteiger partial charge in [0.2, 0.25) is 0 Å². The van der Waals surface area contributed by atoms with Crippen LogP contribution in [0.1, 0.15) is 11.1 Å². The van der Waals surface area contributed by atoms with E-state index in [1.54, 1.807) is 0 Å². The van der Waals surface area contributed by atoms with Crippen molar-refractivity contribution in [2.24, 2.45) is 0 Å². The number of pyridine rings is 2. The van der Waals surface area contributed by atoms with E-state index in [9.17, 15) is 0 Å². The monoisotopic (exact) mass is 753 g/mol. The molecule has 278 valence electrons. The van der Waals surface area contributed by atoms with Gasteiger partial charge in [0.15, 0.2) is 0 Å². The van der Waals surface area contributed by atoms with Gasteiger partial charge in [-0.25, -0.2) is 9.97 Å². The summed E-state index contributed by atoms with van der Waals surface area (Å²) in [5.74, 6) is 0. The molecule has 0 saturated carbocycles. The molecule has 10 aromatic rings. The van der Waals surface area contributed by atoms with Gasteiger partial charge >= 0.3 is 0 Å². The molecule has 10 rings (SSSR count). The molecule has 0 aliphatic rings. The summed E-state index contributed by atoms with van der Waals surface area (Å²) in [4.78, 5) is 10.6. The van der Waals surface area contributed by atoms with Crippen LogP contribution in [0.2, 0.25) is 0 Å². The molecule has 0 saturated heterocycles. The highest BCUT2D eigenvalue weighted by Crippen LogP contribution is 2.42. The first-order chi connectivity index (χ1) is 29.2. The van der Waals surface area contributed by atoms with Gasteiger partial charge in [0.25, 0.3) is 0 Å². The first kappa shape index (κ1) is 35.5. The first-order valence-corrected chi connectivity index (χ1v) is 19.9. The van der Waals surface area contributed by atoms with Gasteiger partial charge in [0, 0.05) is 34.0 Å². The molecular formula is C56H39N3. The zero-order valence-corrected chi connectivity index (χ0v) is 32.5. The van der Waals surface area contributed by atoms with Gasteiger partial charge in [-0.2, -0.15) is 0 Å². The molecule has 0 N–H and O–H groups in total. The largest absolute Gasteiger partial charge is 0.299 e. The lowest BCUT2D eigenvalue weighted by molar-refractivity contribution is 1.19. The third kappa shape index (κ3) is 6.55. The fraction of sp³-hybridized carbons (Fsp3) is 0. The second-order valence-corrected chi connectivity index (χ2v) is 14.7. The summed E-state index contributed by atoms with van der Waals surface area (Å²) in [6.07, 6.45) is 5.96. The topological polar surface area (TPSA) is 30.2 Å². The van der Waals surface area contributed by atoms with Crippen molar-refractivity contribution in [3.63, 3.8) is 0 Å². The molecule has 7 aromatic carbocycles. The minimum absolute atomic E-state index is 0.906. The third-order valence-corrected chi connectivity index (χ3v) is 11.2. The Kier molecular flexibility index (Phi) is 9.17. The Bertz CT molecular complexity index is 3180. The predicted molar refractivity (Wildman–Crippen MR) is 249 cm³/mol. The maximum absolute atomic E-state index is 5.37. The Morgan fingerprint density at radius 1 is 0.390 bits per heavy atom. The third-order valence-electron chi connectivity index (χ3n) is 11.2. The summed E-state index contributed by atoms with van der Waals surface area (Å²) in [6, 6.07) is 68.5. The van der Waals surface area contributed by atoms with Crippen molar-refractivity contribution in [3.05, 3.63) is 225 Å². The molecule has 0 spiro atoms. The van der Waals surface area contributed by atoms with Crippen molar-refractivity contribution in [2.75, 3.05) is 0 Å². The highest BCUT2D eigenvalue weighted by atomic mass is 15.0. The van der Waals surface area contributed by atoms with Gasteiger partial charge in [-0.3, -0.25) is 4.40 Å². The highest BCUT2D eigenvalue weighted by Gasteiger charge is 2.19. The predicted octanol–water partition coefficient (Wildman–Crippen LogP) is 14.8. The van der Waals surface area contributed by atoms with E-state index in [0.717, 1.165) is 106 Å². The standard InChI is InChI=1S/C56H39N3/c1-3-38-37-51(50-28-15-14-27-49(50)47(38)4-2)46-35-44(34-45(36-46)48-30-31-52(39-19-8-5-9-20-39)57-54(48)40-21-10-6-11-22-40)42-25-18-26-43(33-42)55-56(41-23-12-7-13-24-41)59-32-17-16-29-53(59)58-55/h3-37H,1-2H2. The van der Waals surface area contributed by atoms with Crippen LogP contribution in [0.25, 0.3) is 107 Å². The van der Waals surface area contributed by atoms with Gasteiger partial charge in [-0.1, -0.05) is 171 Å². The lowest BCUT2D eigenvalue weighted by Gasteiger charge is -2.18. The van der Waals surface area contributed by atoms with Crippen molar-refractivity contribution < 1.29 is 0 Å². The fourth-order valence-corrected chi connectivity index (χ4v) is 8.35. The Morgan fingerprint density at radius 3 is 1.71 bits per heavy atom. The van der Waals surface area contributed by atoms with Crippen LogP contribution < -0.4 is 0 Å². The summed E-state index contributed by atoms with van der Waals surface area (Å²) in [6.45, 7) is 8.39. The van der Waals surface area contributed by atoms with Gasteiger partial charge in [0.05, 0.1) is 22.8 Å². The Labute approximate surface area is 344 Å². The number of benzene rings is 7. The molecule has 0 radical (unpaired) electrons. The molecule has 0 fully saturated rings. The molecule has 59 heavy (non-hydrogen) atoms. The van der Waals surface area contributed by atoms with Crippen LogP contribution in [0.5, 0.6) is 0 Å². The van der Waals surface area contributed by atoms with Gasteiger partial charge in [0.1, 0.15) is 5.65 Å². The van der Waals surface area contributed by atoms with Crippen molar-refractivity contribution in [1.82, 2.24) is 14.4 Å². The van der Waals surface area contributed by atoms with Crippen molar-refractivity contribution in [2.45, 2.75) is 0 Å². The highest BCUT2D eigenvalue weighted by molar-refractivity contribution is 6.04. The van der Waals surface area contributed by atoms with E-state index in [1.165, 1.54) is 0 Å². The Hall–Kier alpha value is -7.88. The van der Waals surface area contributed by atoms with E-state index in [2.05, 4.69) is 206 Å². The smallest absolute Gasteiger partial charge is 0.137 e. The van der Waals surface area contributed by atoms with Crippen molar-refractivity contribution in [1.29, 1.82) is 0 Å². The fourth-order valence-electron chi connectivity index (χ4n) is 8.35. The number of hydrogen-bond donors (Lipinski definition) is 0. The first-order valence-electron chi connectivity index (χ1n) is 19.9. The molecule has 3 heterocycles. The zero-order valence-electron chi connectivity index (χ0n) is 32.5. The summed E-state index contributed by atoms with van der Waals surface area (Å²) in [5.41, 5.74) is 17.7. The van der Waals surface area contributed by atoms with Gasteiger partial charge in [-0.15, -0.1) is 0 Å². The van der Waals surface area contributed by atoms with E-state index in [-0.39, 0.29) is 0 Å². The quantitative estimate of drug-likeness (QED) is 0.147. The van der Waals surface area contributed by atoms with Crippen LogP contribution in [0.4, 0.5) is 0 Å². The van der Waals surface area contributed by atoms with E-state index in [1.807, 2.05) is 24.3 Å². The van der Waals surface area contributed by atoms with Crippen LogP contribution in [-0.2, 0) is 0 Å².